The van der Waals surface area contributed by atoms with Gasteiger partial charge in [-0.2, -0.15) is 0 Å². The monoisotopic (exact) mass is 562 g/mol. The molecule has 2 bridgehead atoms. The Morgan fingerprint density at radius 2 is 1.79 bits per heavy atom. The third-order valence-corrected chi connectivity index (χ3v) is 10.3. The summed E-state index contributed by atoms with van der Waals surface area (Å²) in [6, 6.07) is 26.7. The normalized spacial score (nSPS) is 29.0. The molecule has 42 heavy (non-hydrogen) atoms. The average Bonchev–Trinajstić information content (AvgIpc) is 3.34. The molecule has 4 aliphatic rings. The number of likely N-dealkylation sites (N-methyl/N-ethyl adjacent to an activating group) is 1. The number of likely N-dealkylation sites (tertiary alicyclic amines) is 1. The standard InChI is InChI=1S/C36H38N2O4/c1-25(39)42-36-20-18-29(37(2)32(40)17-16-26-10-5-3-6-11-26)34-35(36)21-23-38(22-19-27-12-7-4-8-13-27)31(36)24-28-14-9-15-30(41-34)33(28)35/h3-17,29,31,34H,18-24H2,1-2H3/t29-,31-,34+,35+,36-/m1/s1. The molecule has 216 valence electrons. The van der Waals surface area contributed by atoms with Gasteiger partial charge in [-0.3, -0.25) is 14.5 Å². The van der Waals surface area contributed by atoms with Gasteiger partial charge in [-0.05, 0) is 67.5 Å². The van der Waals surface area contributed by atoms with E-state index in [1.807, 2.05) is 48.4 Å². The van der Waals surface area contributed by atoms with Gasteiger partial charge >= 0.3 is 5.97 Å². The van der Waals surface area contributed by atoms with Crippen LogP contribution in [0.2, 0.25) is 0 Å². The molecular formula is C36H38N2O4. The number of carbonyl (C=O) groups excluding carboxylic acids is 2. The lowest BCUT2D eigenvalue weighted by Gasteiger charge is -2.65. The predicted octanol–water partition coefficient (Wildman–Crippen LogP) is 5.19. The molecule has 1 saturated heterocycles. The zero-order valence-electron chi connectivity index (χ0n) is 24.4. The number of hydrogen-bond donors (Lipinski definition) is 0. The van der Waals surface area contributed by atoms with E-state index in [-0.39, 0.29) is 30.1 Å². The maximum absolute atomic E-state index is 13.5. The van der Waals surface area contributed by atoms with Crippen molar-refractivity contribution < 1.29 is 19.1 Å². The molecule has 3 aromatic carbocycles. The van der Waals surface area contributed by atoms with Crippen LogP contribution in [-0.4, -0.2) is 65.6 Å². The molecule has 1 amide bonds. The van der Waals surface area contributed by atoms with Crippen molar-refractivity contribution in [1.82, 2.24) is 9.80 Å². The minimum atomic E-state index is -0.710. The topological polar surface area (TPSA) is 59.1 Å². The number of benzene rings is 3. The average molecular weight is 563 g/mol. The second-order valence-corrected chi connectivity index (χ2v) is 12.3. The van der Waals surface area contributed by atoms with Gasteiger partial charge in [0, 0.05) is 32.2 Å². The van der Waals surface area contributed by atoms with E-state index < -0.39 is 11.0 Å². The Hall–Kier alpha value is -3.90. The number of amides is 1. The Bertz CT molecular complexity index is 1520. The summed E-state index contributed by atoms with van der Waals surface area (Å²) in [7, 11) is 1.89. The molecule has 1 spiro atoms. The van der Waals surface area contributed by atoms with Gasteiger partial charge < -0.3 is 14.4 Å². The van der Waals surface area contributed by atoms with Gasteiger partial charge in [0.1, 0.15) is 17.5 Å². The van der Waals surface area contributed by atoms with Gasteiger partial charge in [0.15, 0.2) is 0 Å². The highest BCUT2D eigenvalue weighted by molar-refractivity contribution is 5.92. The first-order valence-electron chi connectivity index (χ1n) is 15.2. The van der Waals surface area contributed by atoms with Crippen LogP contribution in [0.4, 0.5) is 0 Å². The maximum atomic E-state index is 13.5. The van der Waals surface area contributed by atoms with E-state index in [2.05, 4.69) is 53.4 Å². The Morgan fingerprint density at radius 1 is 1.02 bits per heavy atom. The fourth-order valence-electron chi connectivity index (χ4n) is 8.60. The first-order valence-corrected chi connectivity index (χ1v) is 15.2. The molecule has 0 radical (unpaired) electrons. The van der Waals surface area contributed by atoms with E-state index >= 15 is 0 Å². The summed E-state index contributed by atoms with van der Waals surface area (Å²) in [4.78, 5) is 30.8. The van der Waals surface area contributed by atoms with Gasteiger partial charge in [-0.1, -0.05) is 72.8 Å². The van der Waals surface area contributed by atoms with Gasteiger partial charge in [0.25, 0.3) is 0 Å². The molecule has 0 unspecified atom stereocenters. The van der Waals surface area contributed by atoms with E-state index in [9.17, 15) is 9.59 Å². The van der Waals surface area contributed by atoms with Crippen LogP contribution in [-0.2, 0) is 32.6 Å². The molecule has 3 aromatic rings. The Morgan fingerprint density at radius 3 is 2.55 bits per heavy atom. The highest BCUT2D eigenvalue weighted by Gasteiger charge is 2.75. The Balaban J connectivity index is 1.25. The molecular weight excluding hydrogens is 524 g/mol. The third kappa shape index (κ3) is 4.10. The Kier molecular flexibility index (Phi) is 6.69. The molecule has 7 rings (SSSR count). The number of hydrogen-bond acceptors (Lipinski definition) is 5. The van der Waals surface area contributed by atoms with Crippen molar-refractivity contribution in [2.24, 2.45) is 0 Å². The van der Waals surface area contributed by atoms with Crippen molar-refractivity contribution in [1.29, 1.82) is 0 Å². The summed E-state index contributed by atoms with van der Waals surface area (Å²) < 4.78 is 13.5. The number of piperidine rings is 1. The van der Waals surface area contributed by atoms with Crippen LogP contribution in [0.5, 0.6) is 5.75 Å². The largest absolute Gasteiger partial charge is 0.487 e. The summed E-state index contributed by atoms with van der Waals surface area (Å²) >= 11 is 0. The van der Waals surface area contributed by atoms with Crippen molar-refractivity contribution >= 4 is 18.0 Å². The van der Waals surface area contributed by atoms with E-state index in [1.165, 1.54) is 23.6 Å². The second kappa shape index (κ2) is 10.4. The predicted molar refractivity (Wildman–Crippen MR) is 162 cm³/mol. The molecule has 1 saturated carbocycles. The van der Waals surface area contributed by atoms with E-state index in [0.717, 1.165) is 43.7 Å². The van der Waals surface area contributed by atoms with Crippen LogP contribution in [0.1, 0.15) is 48.4 Å². The summed E-state index contributed by atoms with van der Waals surface area (Å²) in [6.45, 7) is 3.34. The fraction of sp³-hybridized carbons (Fsp3) is 0.389. The molecule has 6 nitrogen and oxygen atoms in total. The molecule has 2 aliphatic carbocycles. The zero-order valence-corrected chi connectivity index (χ0v) is 24.4. The van der Waals surface area contributed by atoms with Crippen molar-refractivity contribution in [3.8, 4) is 5.75 Å². The minimum Gasteiger partial charge on any atom is -0.487 e. The molecule has 2 fully saturated rings. The third-order valence-electron chi connectivity index (χ3n) is 10.3. The first kappa shape index (κ1) is 27.0. The van der Waals surface area contributed by atoms with Gasteiger partial charge in [0.2, 0.25) is 5.91 Å². The molecule has 2 heterocycles. The van der Waals surface area contributed by atoms with Crippen LogP contribution in [0.25, 0.3) is 6.08 Å². The number of carbonyl (C=O) groups is 2. The van der Waals surface area contributed by atoms with Crippen molar-refractivity contribution in [3.05, 3.63) is 107 Å². The van der Waals surface area contributed by atoms with Crippen LogP contribution < -0.4 is 4.74 Å². The molecule has 5 atom stereocenters. The number of ether oxygens (including phenoxy) is 2. The van der Waals surface area contributed by atoms with E-state index in [4.69, 9.17) is 9.47 Å². The summed E-state index contributed by atoms with van der Waals surface area (Å²) in [5.41, 5.74) is 3.58. The van der Waals surface area contributed by atoms with E-state index in [0.29, 0.717) is 12.8 Å². The van der Waals surface area contributed by atoms with Gasteiger partial charge in [0.05, 0.1) is 17.5 Å². The molecule has 2 aliphatic heterocycles. The zero-order chi connectivity index (χ0) is 28.9. The highest BCUT2D eigenvalue weighted by atomic mass is 16.6. The summed E-state index contributed by atoms with van der Waals surface area (Å²) in [5, 5.41) is 0. The SMILES string of the molecule is CC(=O)O[C@@]12CC[C@@H](N(C)C(=O)C=Cc3ccccc3)[C@@H]3Oc4cccc5c4[C@@]31CCN(CCc1ccccc1)[C@@H]2C5. The van der Waals surface area contributed by atoms with Crippen LogP contribution in [0, 0.1) is 0 Å². The molecule has 0 aromatic heterocycles. The van der Waals surface area contributed by atoms with Crippen LogP contribution >= 0.6 is 0 Å². The van der Waals surface area contributed by atoms with Crippen molar-refractivity contribution in [3.63, 3.8) is 0 Å². The lowest BCUT2D eigenvalue weighted by molar-refractivity contribution is -0.223. The second-order valence-electron chi connectivity index (χ2n) is 12.3. The van der Waals surface area contributed by atoms with Gasteiger partial charge in [-0.15, -0.1) is 0 Å². The maximum Gasteiger partial charge on any atom is 0.303 e. The molecule has 6 heteroatoms. The number of nitrogens with zero attached hydrogens (tertiary/aromatic N) is 2. The quantitative estimate of drug-likeness (QED) is 0.293. The fourth-order valence-corrected chi connectivity index (χ4v) is 8.60. The molecule has 0 N–H and O–H groups in total. The minimum absolute atomic E-state index is 0.0470. The van der Waals surface area contributed by atoms with E-state index in [1.54, 1.807) is 6.08 Å². The summed E-state index contributed by atoms with van der Waals surface area (Å²) in [5.74, 6) is 0.593. The highest BCUT2D eigenvalue weighted by Crippen LogP contribution is 2.65. The first-order chi connectivity index (χ1) is 20.4. The number of rotatable bonds is 7. The van der Waals surface area contributed by atoms with Crippen molar-refractivity contribution in [2.45, 2.75) is 68.2 Å². The van der Waals surface area contributed by atoms with Crippen molar-refractivity contribution in [2.75, 3.05) is 20.1 Å². The smallest absolute Gasteiger partial charge is 0.303 e. The van der Waals surface area contributed by atoms with Gasteiger partial charge in [-0.25, -0.2) is 0 Å². The lowest BCUT2D eigenvalue weighted by atomic mass is 9.48. The number of esters is 1. The van der Waals surface area contributed by atoms with Crippen LogP contribution in [0.3, 0.4) is 0 Å². The lowest BCUT2D eigenvalue weighted by Crippen LogP contribution is -2.79. The Labute approximate surface area is 247 Å². The van der Waals surface area contributed by atoms with Crippen LogP contribution in [0.15, 0.2) is 84.9 Å². The summed E-state index contributed by atoms with van der Waals surface area (Å²) in [6.07, 6.45) is 7.21.